The normalized spacial score (nSPS) is 11.3. The van der Waals surface area contributed by atoms with Gasteiger partial charge in [-0.3, -0.25) is 9.78 Å². The summed E-state index contributed by atoms with van der Waals surface area (Å²) in [5.74, 6) is 0.511. The molecule has 102 valence electrons. The van der Waals surface area contributed by atoms with Crippen LogP contribution in [0, 0.1) is 6.92 Å². The molecular formula is C16H11N3OS. The number of nitrogens with zero attached hydrogens (tertiary/aromatic N) is 2. The standard InChI is InChI=1S/C16H11N3OS/c1-9-3-2-4-11-14(9)18-15(19-16(11)20)12-7-13-10(8-17-12)5-6-21-13/h2-8H,1H3,(H,18,19,20). The van der Waals surface area contributed by atoms with E-state index in [0.29, 0.717) is 16.9 Å². The van der Waals surface area contributed by atoms with Crippen molar-refractivity contribution in [2.45, 2.75) is 6.92 Å². The summed E-state index contributed by atoms with van der Waals surface area (Å²) in [5, 5.41) is 3.73. The maximum atomic E-state index is 12.2. The number of nitrogens with one attached hydrogen (secondary N) is 1. The molecule has 3 aromatic heterocycles. The molecular weight excluding hydrogens is 282 g/mol. The van der Waals surface area contributed by atoms with Crippen molar-refractivity contribution < 1.29 is 0 Å². The van der Waals surface area contributed by atoms with Crippen molar-refractivity contribution in [3.8, 4) is 11.5 Å². The molecule has 0 atom stereocenters. The molecule has 3 heterocycles. The first-order valence-corrected chi connectivity index (χ1v) is 7.43. The minimum Gasteiger partial charge on any atom is -0.305 e. The van der Waals surface area contributed by atoms with E-state index in [9.17, 15) is 4.79 Å². The number of H-pyrrole nitrogens is 1. The lowest BCUT2D eigenvalue weighted by atomic mass is 10.1. The quantitative estimate of drug-likeness (QED) is 0.584. The maximum absolute atomic E-state index is 12.2. The fourth-order valence-corrected chi connectivity index (χ4v) is 3.21. The number of aromatic amines is 1. The van der Waals surface area contributed by atoms with Crippen molar-refractivity contribution >= 4 is 32.3 Å². The first-order chi connectivity index (χ1) is 10.2. The van der Waals surface area contributed by atoms with Crippen LogP contribution in [0.2, 0.25) is 0 Å². The predicted octanol–water partition coefficient (Wildman–Crippen LogP) is 3.51. The number of aryl methyl sites for hydroxylation is 1. The van der Waals surface area contributed by atoms with Crippen LogP contribution >= 0.6 is 11.3 Å². The number of fused-ring (bicyclic) bond motifs is 2. The van der Waals surface area contributed by atoms with E-state index in [4.69, 9.17) is 0 Å². The van der Waals surface area contributed by atoms with Crippen molar-refractivity contribution in [2.75, 3.05) is 0 Å². The van der Waals surface area contributed by atoms with Gasteiger partial charge in [-0.25, -0.2) is 4.98 Å². The van der Waals surface area contributed by atoms with Crippen molar-refractivity contribution in [2.24, 2.45) is 0 Å². The fraction of sp³-hybridized carbons (Fsp3) is 0.0625. The molecule has 4 aromatic rings. The van der Waals surface area contributed by atoms with Crippen LogP contribution in [0.1, 0.15) is 5.56 Å². The first kappa shape index (κ1) is 12.2. The van der Waals surface area contributed by atoms with Crippen LogP contribution in [-0.2, 0) is 0 Å². The molecule has 0 bridgehead atoms. The highest BCUT2D eigenvalue weighted by Crippen LogP contribution is 2.24. The minimum absolute atomic E-state index is 0.133. The van der Waals surface area contributed by atoms with Gasteiger partial charge in [-0.15, -0.1) is 11.3 Å². The SMILES string of the molecule is Cc1cccc2c(=O)[nH]c(-c3cc4sccc4cn3)nc12. The van der Waals surface area contributed by atoms with Crippen LogP contribution in [0.5, 0.6) is 0 Å². The second kappa shape index (κ2) is 4.49. The van der Waals surface area contributed by atoms with E-state index in [0.717, 1.165) is 21.2 Å². The van der Waals surface area contributed by atoms with E-state index in [-0.39, 0.29) is 5.56 Å². The largest absolute Gasteiger partial charge is 0.305 e. The van der Waals surface area contributed by atoms with Gasteiger partial charge in [-0.2, -0.15) is 0 Å². The van der Waals surface area contributed by atoms with E-state index < -0.39 is 0 Å². The third kappa shape index (κ3) is 1.94. The number of aromatic nitrogens is 3. The summed E-state index contributed by atoms with van der Waals surface area (Å²) in [4.78, 5) is 24.0. The Morgan fingerprint density at radius 3 is 3.05 bits per heavy atom. The predicted molar refractivity (Wildman–Crippen MR) is 85.7 cm³/mol. The highest BCUT2D eigenvalue weighted by atomic mass is 32.1. The van der Waals surface area contributed by atoms with Crippen LogP contribution in [0.15, 0.2) is 46.7 Å². The molecule has 4 nitrogen and oxygen atoms in total. The van der Waals surface area contributed by atoms with E-state index in [1.54, 1.807) is 17.4 Å². The van der Waals surface area contributed by atoms with Gasteiger partial charge in [0.05, 0.1) is 10.9 Å². The number of pyridine rings is 1. The molecule has 0 fully saturated rings. The van der Waals surface area contributed by atoms with Gasteiger partial charge in [0.25, 0.3) is 5.56 Å². The third-order valence-corrected chi connectivity index (χ3v) is 4.40. The molecule has 0 aliphatic rings. The summed E-state index contributed by atoms with van der Waals surface area (Å²) in [7, 11) is 0. The van der Waals surface area contributed by atoms with Crippen LogP contribution in [0.3, 0.4) is 0 Å². The lowest BCUT2D eigenvalue weighted by Gasteiger charge is -2.04. The number of rotatable bonds is 1. The van der Waals surface area contributed by atoms with Gasteiger partial charge in [0.15, 0.2) is 5.82 Å². The van der Waals surface area contributed by atoms with Gasteiger partial charge in [0.2, 0.25) is 0 Å². The summed E-state index contributed by atoms with van der Waals surface area (Å²) in [6.07, 6.45) is 1.81. The van der Waals surface area contributed by atoms with Crippen molar-refractivity contribution in [3.63, 3.8) is 0 Å². The Morgan fingerprint density at radius 1 is 1.24 bits per heavy atom. The molecule has 4 rings (SSSR count). The van der Waals surface area contributed by atoms with Crippen LogP contribution in [0.25, 0.3) is 32.5 Å². The molecule has 0 unspecified atom stereocenters. The molecule has 0 saturated heterocycles. The van der Waals surface area contributed by atoms with Crippen molar-refractivity contribution in [1.29, 1.82) is 0 Å². The number of thiophene rings is 1. The lowest BCUT2D eigenvalue weighted by molar-refractivity contribution is 1.14. The second-order valence-electron chi connectivity index (χ2n) is 4.91. The summed E-state index contributed by atoms with van der Waals surface area (Å²) in [6.45, 7) is 1.95. The number of benzene rings is 1. The number of hydrogen-bond donors (Lipinski definition) is 1. The van der Waals surface area contributed by atoms with Crippen LogP contribution < -0.4 is 5.56 Å². The molecule has 5 heteroatoms. The summed E-state index contributed by atoms with van der Waals surface area (Å²) < 4.78 is 1.13. The third-order valence-electron chi connectivity index (χ3n) is 3.52. The van der Waals surface area contributed by atoms with Crippen molar-refractivity contribution in [1.82, 2.24) is 15.0 Å². The van der Waals surface area contributed by atoms with Gasteiger partial charge in [0.1, 0.15) is 5.69 Å². The maximum Gasteiger partial charge on any atom is 0.259 e. The molecule has 21 heavy (non-hydrogen) atoms. The molecule has 0 spiro atoms. The summed E-state index contributed by atoms with van der Waals surface area (Å²) in [5.41, 5.74) is 2.26. The highest BCUT2D eigenvalue weighted by Gasteiger charge is 2.09. The Morgan fingerprint density at radius 2 is 2.14 bits per heavy atom. The minimum atomic E-state index is -0.133. The van der Waals surface area contributed by atoms with Gasteiger partial charge >= 0.3 is 0 Å². The van der Waals surface area contributed by atoms with Gasteiger partial charge in [-0.05, 0) is 36.1 Å². The molecule has 0 radical (unpaired) electrons. The average Bonchev–Trinajstić information content (AvgIpc) is 2.95. The Bertz CT molecular complexity index is 1030. The summed E-state index contributed by atoms with van der Waals surface area (Å²) >= 11 is 1.65. The van der Waals surface area contributed by atoms with Gasteiger partial charge < -0.3 is 4.98 Å². The van der Waals surface area contributed by atoms with Crippen LogP contribution in [-0.4, -0.2) is 15.0 Å². The average molecular weight is 293 g/mol. The van der Waals surface area contributed by atoms with E-state index in [1.807, 2.05) is 42.8 Å². The lowest BCUT2D eigenvalue weighted by Crippen LogP contribution is -2.10. The summed E-state index contributed by atoms with van der Waals surface area (Å²) in [6, 6.07) is 9.59. The first-order valence-electron chi connectivity index (χ1n) is 6.56. The van der Waals surface area contributed by atoms with E-state index in [1.165, 1.54) is 0 Å². The Balaban J connectivity index is 2.01. The van der Waals surface area contributed by atoms with E-state index in [2.05, 4.69) is 15.0 Å². The zero-order valence-electron chi connectivity index (χ0n) is 11.3. The van der Waals surface area contributed by atoms with Crippen LogP contribution in [0.4, 0.5) is 0 Å². The Hall–Kier alpha value is -2.53. The molecule has 1 N–H and O–H groups in total. The fourth-order valence-electron chi connectivity index (χ4n) is 2.41. The van der Waals surface area contributed by atoms with E-state index >= 15 is 0 Å². The molecule has 0 aliphatic heterocycles. The molecule has 0 aliphatic carbocycles. The smallest absolute Gasteiger partial charge is 0.259 e. The Kier molecular flexibility index (Phi) is 2.62. The molecule has 1 aromatic carbocycles. The van der Waals surface area contributed by atoms with Gasteiger partial charge in [-0.1, -0.05) is 12.1 Å². The molecule has 0 saturated carbocycles. The second-order valence-corrected chi connectivity index (χ2v) is 5.86. The molecule has 0 amide bonds. The number of para-hydroxylation sites is 1. The number of hydrogen-bond acceptors (Lipinski definition) is 4. The monoisotopic (exact) mass is 293 g/mol. The zero-order chi connectivity index (χ0) is 14.4. The Labute approximate surface area is 124 Å². The topological polar surface area (TPSA) is 58.6 Å². The zero-order valence-corrected chi connectivity index (χ0v) is 12.1. The van der Waals surface area contributed by atoms with Crippen molar-refractivity contribution in [3.05, 3.63) is 57.8 Å². The van der Waals surface area contributed by atoms with Gasteiger partial charge in [0, 0.05) is 16.3 Å². The highest BCUT2D eigenvalue weighted by molar-refractivity contribution is 7.17.